The molecule has 2 atom stereocenters. The van der Waals surface area contributed by atoms with Crippen molar-refractivity contribution >= 4 is 0 Å². The molecule has 0 saturated heterocycles. The summed E-state index contributed by atoms with van der Waals surface area (Å²) in [4.78, 5) is 0. The first-order chi connectivity index (χ1) is 5.36. The Balaban J connectivity index is 2.08. The monoisotopic (exact) mass is 152 g/mol. The fourth-order valence-electron chi connectivity index (χ4n) is 1.67. The summed E-state index contributed by atoms with van der Waals surface area (Å²) in [5, 5.41) is 13.4. The van der Waals surface area contributed by atoms with Crippen molar-refractivity contribution < 1.29 is 5.11 Å². The third-order valence-electron chi connectivity index (χ3n) is 2.28. The Morgan fingerprint density at radius 2 is 2.36 bits per heavy atom. The van der Waals surface area contributed by atoms with Crippen molar-refractivity contribution in [1.29, 1.82) is 0 Å². The molecule has 0 amide bonds. The maximum Gasteiger partial charge on any atom is 0.0561 e. The van der Waals surface area contributed by atoms with Gasteiger partial charge in [0.15, 0.2) is 0 Å². The summed E-state index contributed by atoms with van der Waals surface area (Å²) in [5.41, 5.74) is 0. The van der Waals surface area contributed by atoms with Crippen LogP contribution in [0.15, 0.2) is 18.5 Å². The molecule has 1 aliphatic rings. The largest absolute Gasteiger partial charge is 0.393 e. The summed E-state index contributed by atoms with van der Waals surface area (Å²) in [6, 6.07) is 2.35. The molecule has 1 N–H and O–H groups in total. The molecule has 0 spiro atoms. The van der Waals surface area contributed by atoms with Crippen LogP contribution in [0.1, 0.15) is 25.3 Å². The van der Waals surface area contributed by atoms with Gasteiger partial charge in [-0.05, 0) is 25.3 Å². The van der Waals surface area contributed by atoms with Crippen LogP contribution in [0, 0.1) is 0 Å². The van der Waals surface area contributed by atoms with Gasteiger partial charge in [0.2, 0.25) is 0 Å². The van der Waals surface area contributed by atoms with E-state index < -0.39 is 0 Å². The second-order valence-corrected chi connectivity index (χ2v) is 3.11. The normalized spacial score (nSPS) is 31.0. The number of hydrogen-bond acceptors (Lipinski definition) is 2. The third-order valence-corrected chi connectivity index (χ3v) is 2.28. The van der Waals surface area contributed by atoms with E-state index in [0.717, 1.165) is 19.3 Å². The number of aromatic nitrogens is 2. The van der Waals surface area contributed by atoms with Crippen LogP contribution < -0.4 is 0 Å². The Morgan fingerprint density at radius 1 is 1.45 bits per heavy atom. The van der Waals surface area contributed by atoms with Gasteiger partial charge < -0.3 is 5.11 Å². The highest BCUT2D eigenvalue weighted by atomic mass is 16.3. The smallest absolute Gasteiger partial charge is 0.0561 e. The fraction of sp³-hybridized carbons (Fsp3) is 0.625. The Hall–Kier alpha value is -0.830. The van der Waals surface area contributed by atoms with Crippen LogP contribution >= 0.6 is 0 Å². The highest BCUT2D eigenvalue weighted by Crippen LogP contribution is 2.28. The van der Waals surface area contributed by atoms with Gasteiger partial charge in [0.05, 0.1) is 12.1 Å². The molecule has 60 valence electrons. The molecule has 1 aromatic rings. The van der Waals surface area contributed by atoms with E-state index >= 15 is 0 Å². The minimum Gasteiger partial charge on any atom is -0.393 e. The average Bonchev–Trinajstić information content (AvgIpc) is 2.55. The van der Waals surface area contributed by atoms with Crippen molar-refractivity contribution in [1.82, 2.24) is 9.78 Å². The van der Waals surface area contributed by atoms with Crippen molar-refractivity contribution in [2.24, 2.45) is 0 Å². The molecule has 0 radical (unpaired) electrons. The van der Waals surface area contributed by atoms with Crippen LogP contribution in [-0.2, 0) is 0 Å². The fourth-order valence-corrected chi connectivity index (χ4v) is 1.67. The predicted molar refractivity (Wildman–Crippen MR) is 41.1 cm³/mol. The van der Waals surface area contributed by atoms with E-state index in [4.69, 9.17) is 0 Å². The van der Waals surface area contributed by atoms with Crippen LogP contribution in [0.2, 0.25) is 0 Å². The summed E-state index contributed by atoms with van der Waals surface area (Å²) >= 11 is 0. The lowest BCUT2D eigenvalue weighted by Gasteiger charge is -2.08. The molecular weight excluding hydrogens is 140 g/mol. The number of aliphatic hydroxyl groups is 1. The molecule has 11 heavy (non-hydrogen) atoms. The van der Waals surface area contributed by atoms with Crippen molar-refractivity contribution in [3.63, 3.8) is 0 Å². The van der Waals surface area contributed by atoms with Gasteiger partial charge in [-0.15, -0.1) is 0 Å². The Labute approximate surface area is 65.7 Å². The van der Waals surface area contributed by atoms with Crippen LogP contribution in [-0.4, -0.2) is 21.0 Å². The van der Waals surface area contributed by atoms with Crippen LogP contribution in [0.3, 0.4) is 0 Å². The Morgan fingerprint density at radius 3 is 2.91 bits per heavy atom. The molecule has 3 nitrogen and oxygen atoms in total. The Kier molecular flexibility index (Phi) is 1.66. The molecule has 1 heterocycles. The van der Waals surface area contributed by atoms with Crippen molar-refractivity contribution in [2.75, 3.05) is 0 Å². The molecule has 0 aliphatic heterocycles. The number of aliphatic hydroxyl groups excluding tert-OH is 1. The zero-order chi connectivity index (χ0) is 7.68. The van der Waals surface area contributed by atoms with E-state index in [0.29, 0.717) is 6.04 Å². The van der Waals surface area contributed by atoms with Crippen molar-refractivity contribution in [3.8, 4) is 0 Å². The SMILES string of the molecule is O[C@@H]1CC[C@H](n2cccn2)C1. The Bertz CT molecular complexity index is 220. The number of hydrogen-bond donors (Lipinski definition) is 1. The highest BCUT2D eigenvalue weighted by Gasteiger charge is 2.23. The van der Waals surface area contributed by atoms with E-state index in [1.807, 2.05) is 16.9 Å². The third kappa shape index (κ3) is 1.28. The van der Waals surface area contributed by atoms with Gasteiger partial charge in [0, 0.05) is 12.4 Å². The second-order valence-electron chi connectivity index (χ2n) is 3.11. The van der Waals surface area contributed by atoms with Crippen LogP contribution in [0.25, 0.3) is 0 Å². The molecule has 0 bridgehead atoms. The zero-order valence-electron chi connectivity index (χ0n) is 6.35. The van der Waals surface area contributed by atoms with Gasteiger partial charge in [-0.25, -0.2) is 0 Å². The van der Waals surface area contributed by atoms with E-state index in [2.05, 4.69) is 5.10 Å². The minimum absolute atomic E-state index is 0.107. The van der Waals surface area contributed by atoms with Crippen LogP contribution in [0.5, 0.6) is 0 Å². The molecule has 1 aromatic heterocycles. The summed E-state index contributed by atoms with van der Waals surface area (Å²) in [6.07, 6.45) is 6.48. The lowest BCUT2D eigenvalue weighted by Crippen LogP contribution is -2.07. The maximum atomic E-state index is 9.26. The van der Waals surface area contributed by atoms with E-state index in [9.17, 15) is 5.11 Å². The first kappa shape index (κ1) is 6.85. The first-order valence-electron chi connectivity index (χ1n) is 4.03. The molecule has 1 fully saturated rings. The predicted octanol–water partition coefficient (Wildman–Crippen LogP) is 0.969. The highest BCUT2D eigenvalue weighted by molar-refractivity contribution is 4.85. The second kappa shape index (κ2) is 2.66. The van der Waals surface area contributed by atoms with Crippen molar-refractivity contribution in [3.05, 3.63) is 18.5 Å². The topological polar surface area (TPSA) is 38.0 Å². The molecule has 1 aliphatic carbocycles. The number of nitrogens with zero attached hydrogens (tertiary/aromatic N) is 2. The van der Waals surface area contributed by atoms with Crippen molar-refractivity contribution in [2.45, 2.75) is 31.4 Å². The molecule has 0 aromatic carbocycles. The van der Waals surface area contributed by atoms with Gasteiger partial charge in [-0.3, -0.25) is 4.68 Å². The molecule has 0 unspecified atom stereocenters. The van der Waals surface area contributed by atoms with Gasteiger partial charge >= 0.3 is 0 Å². The molecule has 1 saturated carbocycles. The van der Waals surface area contributed by atoms with E-state index in [-0.39, 0.29) is 6.10 Å². The van der Waals surface area contributed by atoms with Gasteiger partial charge in [-0.1, -0.05) is 0 Å². The molecule has 2 rings (SSSR count). The lowest BCUT2D eigenvalue weighted by atomic mass is 10.2. The lowest BCUT2D eigenvalue weighted by molar-refractivity contribution is 0.177. The quantitative estimate of drug-likeness (QED) is 0.651. The zero-order valence-corrected chi connectivity index (χ0v) is 6.35. The minimum atomic E-state index is -0.107. The summed E-state index contributed by atoms with van der Waals surface area (Å²) in [6.45, 7) is 0. The standard InChI is InChI=1S/C8H12N2O/c11-8-3-2-7(6-8)10-5-1-4-9-10/h1,4-5,7-8,11H,2-3,6H2/t7-,8+/m0/s1. The molecular formula is C8H12N2O. The first-order valence-corrected chi connectivity index (χ1v) is 4.03. The summed E-state index contributed by atoms with van der Waals surface area (Å²) in [5.74, 6) is 0. The summed E-state index contributed by atoms with van der Waals surface area (Å²) in [7, 11) is 0. The van der Waals surface area contributed by atoms with Crippen LogP contribution in [0.4, 0.5) is 0 Å². The summed E-state index contributed by atoms with van der Waals surface area (Å²) < 4.78 is 1.94. The van der Waals surface area contributed by atoms with Gasteiger partial charge in [0.25, 0.3) is 0 Å². The maximum absolute atomic E-state index is 9.26. The van der Waals surface area contributed by atoms with E-state index in [1.54, 1.807) is 6.20 Å². The van der Waals surface area contributed by atoms with Gasteiger partial charge in [-0.2, -0.15) is 5.10 Å². The average molecular weight is 152 g/mol. The number of rotatable bonds is 1. The van der Waals surface area contributed by atoms with Gasteiger partial charge in [0.1, 0.15) is 0 Å². The van der Waals surface area contributed by atoms with E-state index in [1.165, 1.54) is 0 Å². The molecule has 3 heteroatoms.